The highest BCUT2D eigenvalue weighted by Crippen LogP contribution is 2.39. The Morgan fingerprint density at radius 2 is 2.06 bits per heavy atom. The van der Waals surface area contributed by atoms with Gasteiger partial charge in [0.15, 0.2) is 11.5 Å². The van der Waals surface area contributed by atoms with Gasteiger partial charge in [0.25, 0.3) is 0 Å². The fraction of sp³-hybridized carbons (Fsp3) is 0.364. The minimum atomic E-state index is -2.94. The highest BCUT2D eigenvalue weighted by molar-refractivity contribution is 9.09. The number of rotatable bonds is 5. The molecule has 0 amide bonds. The minimum Gasteiger partial charge on any atom is -0.493 e. The van der Waals surface area contributed by atoms with Crippen LogP contribution in [0.5, 0.6) is 11.5 Å². The Labute approximate surface area is 106 Å². The molecule has 1 rings (SSSR count). The van der Waals surface area contributed by atoms with Crippen molar-refractivity contribution in [1.29, 1.82) is 0 Å². The number of carbonyl (C=O) groups excluding carboxylic acids is 1. The monoisotopic (exact) mass is 308 g/mol. The number of alkyl halides is 3. The molecule has 1 atom stereocenters. The van der Waals surface area contributed by atoms with E-state index in [1.165, 1.54) is 26.2 Å². The van der Waals surface area contributed by atoms with Crippen LogP contribution >= 0.6 is 15.9 Å². The molecule has 0 bridgehead atoms. The van der Waals surface area contributed by atoms with Crippen molar-refractivity contribution in [2.45, 2.75) is 18.4 Å². The first-order valence-electron chi connectivity index (χ1n) is 4.73. The van der Waals surface area contributed by atoms with Crippen molar-refractivity contribution < 1.29 is 23.0 Å². The van der Waals surface area contributed by atoms with Gasteiger partial charge in [0.05, 0.1) is 7.11 Å². The Kier molecular flexibility index (Phi) is 4.86. The van der Waals surface area contributed by atoms with Crippen LogP contribution in [0.25, 0.3) is 0 Å². The van der Waals surface area contributed by atoms with Crippen molar-refractivity contribution in [2.24, 2.45) is 0 Å². The second-order valence-electron chi connectivity index (χ2n) is 3.23. The largest absolute Gasteiger partial charge is 0.493 e. The number of hydrogen-bond acceptors (Lipinski definition) is 3. The van der Waals surface area contributed by atoms with Crippen molar-refractivity contribution in [2.75, 3.05) is 7.11 Å². The molecule has 0 aliphatic carbocycles. The minimum absolute atomic E-state index is 0.0919. The Morgan fingerprint density at radius 3 is 2.53 bits per heavy atom. The Bertz CT molecular complexity index is 410. The van der Waals surface area contributed by atoms with Gasteiger partial charge in [-0.15, -0.1) is 0 Å². The lowest BCUT2D eigenvalue weighted by Gasteiger charge is -2.15. The van der Waals surface area contributed by atoms with Crippen molar-refractivity contribution >= 4 is 21.7 Å². The summed E-state index contributed by atoms with van der Waals surface area (Å²) in [7, 11) is 1.33. The molecule has 0 fully saturated rings. The smallest absolute Gasteiger partial charge is 0.387 e. The van der Waals surface area contributed by atoms with Gasteiger partial charge in [-0.1, -0.05) is 28.1 Å². The van der Waals surface area contributed by atoms with Gasteiger partial charge < -0.3 is 9.47 Å². The third kappa shape index (κ3) is 3.39. The van der Waals surface area contributed by atoms with Crippen molar-refractivity contribution in [3.63, 3.8) is 0 Å². The van der Waals surface area contributed by atoms with E-state index in [0.29, 0.717) is 5.56 Å². The average molecular weight is 309 g/mol. The van der Waals surface area contributed by atoms with E-state index in [2.05, 4.69) is 20.7 Å². The fourth-order valence-corrected chi connectivity index (χ4v) is 1.72. The third-order valence-corrected chi connectivity index (χ3v) is 3.20. The van der Waals surface area contributed by atoms with Gasteiger partial charge in [-0.25, -0.2) is 0 Å². The van der Waals surface area contributed by atoms with Crippen LogP contribution in [0.15, 0.2) is 18.2 Å². The number of para-hydroxylation sites is 1. The summed E-state index contributed by atoms with van der Waals surface area (Å²) in [4.78, 5) is 10.6. The van der Waals surface area contributed by atoms with Gasteiger partial charge in [0.2, 0.25) is 0 Å². The van der Waals surface area contributed by atoms with E-state index in [-0.39, 0.29) is 17.3 Å². The van der Waals surface area contributed by atoms with Crippen LogP contribution in [0, 0.1) is 0 Å². The first-order chi connectivity index (χ1) is 7.97. The molecule has 0 radical (unpaired) electrons. The maximum Gasteiger partial charge on any atom is 0.387 e. The van der Waals surface area contributed by atoms with E-state index < -0.39 is 11.4 Å². The van der Waals surface area contributed by atoms with Crippen LogP contribution < -0.4 is 9.47 Å². The molecule has 3 nitrogen and oxygen atoms in total. The van der Waals surface area contributed by atoms with Crippen molar-refractivity contribution in [3.05, 3.63) is 23.8 Å². The summed E-state index contributed by atoms with van der Waals surface area (Å²) in [5.41, 5.74) is 0.457. The van der Waals surface area contributed by atoms with E-state index in [1.807, 2.05) is 0 Å². The van der Waals surface area contributed by atoms with E-state index >= 15 is 0 Å². The number of methoxy groups -OCH3 is 1. The predicted molar refractivity (Wildman–Crippen MR) is 62.0 cm³/mol. The predicted octanol–water partition coefficient (Wildman–Crippen LogP) is 3.32. The summed E-state index contributed by atoms with van der Waals surface area (Å²) in [5, 5.41) is 0. The number of ketones is 1. The maximum absolute atomic E-state index is 12.2. The number of carbonyl (C=O) groups is 1. The van der Waals surface area contributed by atoms with Crippen molar-refractivity contribution in [1.82, 2.24) is 0 Å². The molecule has 0 heterocycles. The van der Waals surface area contributed by atoms with Gasteiger partial charge in [-0.3, -0.25) is 4.79 Å². The van der Waals surface area contributed by atoms with Gasteiger partial charge in [0.1, 0.15) is 10.6 Å². The molecule has 1 aromatic carbocycles. The Hall–Kier alpha value is -1.17. The Balaban J connectivity index is 3.18. The molecule has 0 aliphatic rings. The fourth-order valence-electron chi connectivity index (χ4n) is 1.36. The summed E-state index contributed by atoms with van der Waals surface area (Å²) < 4.78 is 33.7. The van der Waals surface area contributed by atoms with Gasteiger partial charge in [-0.05, 0) is 13.0 Å². The van der Waals surface area contributed by atoms with E-state index in [4.69, 9.17) is 4.74 Å². The summed E-state index contributed by atoms with van der Waals surface area (Å²) in [6, 6.07) is 4.49. The number of benzene rings is 1. The molecule has 94 valence electrons. The molecule has 1 aromatic rings. The summed E-state index contributed by atoms with van der Waals surface area (Å²) in [6.45, 7) is -1.55. The topological polar surface area (TPSA) is 35.5 Å². The summed E-state index contributed by atoms with van der Waals surface area (Å²) >= 11 is 3.17. The molecule has 0 saturated heterocycles. The van der Waals surface area contributed by atoms with Crippen LogP contribution in [0.2, 0.25) is 0 Å². The highest BCUT2D eigenvalue weighted by Gasteiger charge is 2.21. The quantitative estimate of drug-likeness (QED) is 0.783. The zero-order chi connectivity index (χ0) is 13.0. The number of ether oxygens (including phenoxy) is 2. The van der Waals surface area contributed by atoms with Gasteiger partial charge >= 0.3 is 6.61 Å². The first-order valence-corrected chi connectivity index (χ1v) is 5.65. The van der Waals surface area contributed by atoms with Crippen LogP contribution in [0.4, 0.5) is 8.78 Å². The molecule has 0 aliphatic heterocycles. The molecule has 0 spiro atoms. The van der Waals surface area contributed by atoms with E-state index in [0.717, 1.165) is 0 Å². The lowest BCUT2D eigenvalue weighted by molar-refractivity contribution is -0.116. The number of halogens is 3. The van der Waals surface area contributed by atoms with E-state index in [9.17, 15) is 13.6 Å². The van der Waals surface area contributed by atoms with Crippen LogP contribution in [0.1, 0.15) is 17.3 Å². The third-order valence-electron chi connectivity index (χ3n) is 2.06. The summed E-state index contributed by atoms with van der Waals surface area (Å²) in [6.07, 6.45) is 0. The highest BCUT2D eigenvalue weighted by atomic mass is 79.9. The van der Waals surface area contributed by atoms with Crippen LogP contribution in [0.3, 0.4) is 0 Å². The van der Waals surface area contributed by atoms with Gasteiger partial charge in [0, 0.05) is 5.56 Å². The molecule has 0 aromatic heterocycles. The lowest BCUT2D eigenvalue weighted by Crippen LogP contribution is -2.07. The molecule has 17 heavy (non-hydrogen) atoms. The maximum atomic E-state index is 12.2. The zero-order valence-electron chi connectivity index (χ0n) is 9.25. The van der Waals surface area contributed by atoms with E-state index in [1.54, 1.807) is 6.07 Å². The molecular weight excluding hydrogens is 298 g/mol. The van der Waals surface area contributed by atoms with Crippen molar-refractivity contribution in [3.8, 4) is 11.5 Å². The molecule has 0 saturated carbocycles. The molecule has 0 N–H and O–H groups in total. The number of hydrogen-bond donors (Lipinski definition) is 0. The van der Waals surface area contributed by atoms with Crippen LogP contribution in [-0.2, 0) is 4.79 Å². The van der Waals surface area contributed by atoms with Crippen LogP contribution in [-0.4, -0.2) is 19.5 Å². The average Bonchev–Trinajstić information content (AvgIpc) is 2.26. The first kappa shape index (κ1) is 13.9. The second kappa shape index (κ2) is 5.95. The summed E-state index contributed by atoms with van der Waals surface area (Å²) in [5.74, 6) is -0.118. The second-order valence-corrected chi connectivity index (χ2v) is 4.15. The Morgan fingerprint density at radius 1 is 1.41 bits per heavy atom. The number of Topliss-reactive ketones (excluding diaryl/α,β-unsaturated/α-hetero) is 1. The standard InChI is InChI=1S/C11H11BrF2O3/c1-6(15)9(12)7-4-3-5-8(10(7)16-2)17-11(13)14/h3-5,9,11H,1-2H3. The van der Waals surface area contributed by atoms with Gasteiger partial charge in [-0.2, -0.15) is 8.78 Å². The normalized spacial score (nSPS) is 12.4. The zero-order valence-corrected chi connectivity index (χ0v) is 10.8. The molecule has 1 unspecified atom stereocenters. The SMILES string of the molecule is COc1c(OC(F)F)cccc1C(Br)C(C)=O. The lowest BCUT2D eigenvalue weighted by atomic mass is 10.1. The molecule has 6 heteroatoms. The molecular formula is C11H11BrF2O3.